The predicted octanol–water partition coefficient (Wildman–Crippen LogP) is 0.424. The van der Waals surface area contributed by atoms with Crippen LogP contribution in [0.25, 0.3) is 0 Å². The fourth-order valence-corrected chi connectivity index (χ4v) is 0.603. The van der Waals surface area contributed by atoms with Crippen LogP contribution in [-0.4, -0.2) is 6.04 Å². The van der Waals surface area contributed by atoms with Crippen molar-refractivity contribution in [2.75, 3.05) is 0 Å². The molecule has 1 atom stereocenters. The van der Waals surface area contributed by atoms with Crippen molar-refractivity contribution in [3.8, 4) is 12.0 Å². The number of nitrogens with two attached hydrogens (primary N) is 2. The van der Waals surface area contributed by atoms with Crippen molar-refractivity contribution in [2.24, 2.45) is 11.5 Å². The van der Waals surface area contributed by atoms with Gasteiger partial charge in [0.15, 0.2) is 0 Å². The van der Waals surface area contributed by atoms with E-state index in [9.17, 15) is 0 Å². The summed E-state index contributed by atoms with van der Waals surface area (Å²) in [4.78, 5) is 0. The summed E-state index contributed by atoms with van der Waals surface area (Å²) in [6.07, 6.45) is 3.26. The van der Waals surface area contributed by atoms with Crippen molar-refractivity contribution in [2.45, 2.75) is 32.2 Å². The molecule has 0 aliphatic carbocycles. The maximum Gasteiger partial charge on any atom is 0.0682 e. The Bertz CT molecular complexity index is 110. The molecular weight excluding hydrogens is 112 g/mol. The molecule has 0 heterocycles. The molecule has 0 spiro atoms. The Hall–Kier alpha value is -0.680. The van der Waals surface area contributed by atoms with Crippen LogP contribution in [0.2, 0.25) is 0 Å². The molecular formula is C7H14N2. The smallest absolute Gasteiger partial charge is 0.0682 e. The van der Waals surface area contributed by atoms with E-state index in [1.165, 1.54) is 6.42 Å². The van der Waals surface area contributed by atoms with Gasteiger partial charge >= 0.3 is 0 Å². The van der Waals surface area contributed by atoms with E-state index in [2.05, 4.69) is 18.9 Å². The lowest BCUT2D eigenvalue weighted by Gasteiger charge is -1.99. The highest BCUT2D eigenvalue weighted by atomic mass is 14.6. The average Bonchev–Trinajstić information content (AvgIpc) is 1.85. The van der Waals surface area contributed by atoms with Gasteiger partial charge in [-0.15, -0.1) is 0 Å². The van der Waals surface area contributed by atoms with E-state index in [0.717, 1.165) is 12.8 Å². The highest BCUT2D eigenvalue weighted by molar-refractivity contribution is 5.02. The quantitative estimate of drug-likeness (QED) is 0.425. The van der Waals surface area contributed by atoms with Crippen LogP contribution in [0.5, 0.6) is 0 Å². The van der Waals surface area contributed by atoms with Gasteiger partial charge in [-0.2, -0.15) is 0 Å². The summed E-state index contributed by atoms with van der Waals surface area (Å²) in [5.41, 5.74) is 10.5. The monoisotopic (exact) mass is 126 g/mol. The minimum Gasteiger partial charge on any atom is -0.359 e. The molecule has 2 heteroatoms. The number of hydrogen-bond acceptors (Lipinski definition) is 2. The van der Waals surface area contributed by atoms with Gasteiger partial charge in [0.05, 0.1) is 6.04 Å². The SMILES string of the molecule is CCCCC(N)C#CN. The number of unbranched alkanes of at least 4 members (excludes halogenated alkanes) is 1. The van der Waals surface area contributed by atoms with Crippen LogP contribution < -0.4 is 11.5 Å². The van der Waals surface area contributed by atoms with Crippen molar-refractivity contribution in [1.82, 2.24) is 0 Å². The third-order valence-electron chi connectivity index (χ3n) is 1.14. The Kier molecular flexibility index (Phi) is 5.04. The van der Waals surface area contributed by atoms with Gasteiger partial charge in [-0.3, -0.25) is 0 Å². The first-order valence-electron chi connectivity index (χ1n) is 3.28. The Morgan fingerprint density at radius 3 is 2.67 bits per heavy atom. The molecule has 0 aliphatic heterocycles. The molecule has 4 N–H and O–H groups in total. The van der Waals surface area contributed by atoms with Crippen molar-refractivity contribution < 1.29 is 0 Å². The zero-order chi connectivity index (χ0) is 7.11. The first kappa shape index (κ1) is 8.32. The molecule has 0 amide bonds. The Balaban J connectivity index is 3.23. The van der Waals surface area contributed by atoms with Crippen molar-refractivity contribution in [1.29, 1.82) is 0 Å². The van der Waals surface area contributed by atoms with E-state index < -0.39 is 0 Å². The summed E-state index contributed by atoms with van der Waals surface area (Å²) >= 11 is 0. The lowest BCUT2D eigenvalue weighted by molar-refractivity contribution is 0.667. The first-order chi connectivity index (χ1) is 4.31. The summed E-state index contributed by atoms with van der Waals surface area (Å²) in [7, 11) is 0. The van der Waals surface area contributed by atoms with Crippen molar-refractivity contribution in [3.63, 3.8) is 0 Å². The molecule has 1 unspecified atom stereocenters. The fraction of sp³-hybridized carbons (Fsp3) is 0.714. The average molecular weight is 126 g/mol. The van der Waals surface area contributed by atoms with Crippen LogP contribution >= 0.6 is 0 Å². The summed E-state index contributed by atoms with van der Waals surface area (Å²) in [6.45, 7) is 2.13. The Morgan fingerprint density at radius 2 is 2.22 bits per heavy atom. The minimum absolute atomic E-state index is 0.0186. The second-order valence-corrected chi connectivity index (χ2v) is 2.04. The highest BCUT2D eigenvalue weighted by Gasteiger charge is 1.93. The number of rotatable bonds is 3. The zero-order valence-electron chi connectivity index (χ0n) is 5.85. The third-order valence-corrected chi connectivity index (χ3v) is 1.14. The molecule has 2 nitrogen and oxygen atoms in total. The van der Waals surface area contributed by atoms with Crippen LogP contribution in [0.4, 0.5) is 0 Å². The largest absolute Gasteiger partial charge is 0.359 e. The molecule has 0 aliphatic rings. The van der Waals surface area contributed by atoms with Crippen LogP contribution in [-0.2, 0) is 0 Å². The topological polar surface area (TPSA) is 52.0 Å². The van der Waals surface area contributed by atoms with Gasteiger partial charge in [0.1, 0.15) is 0 Å². The molecule has 0 bridgehead atoms. The molecule has 0 saturated heterocycles. The predicted molar refractivity (Wildman–Crippen MR) is 39.5 cm³/mol. The molecule has 0 aromatic rings. The van der Waals surface area contributed by atoms with Crippen LogP contribution in [0, 0.1) is 12.0 Å². The normalized spacial score (nSPS) is 11.8. The van der Waals surface area contributed by atoms with E-state index in [0.29, 0.717) is 0 Å². The van der Waals surface area contributed by atoms with E-state index >= 15 is 0 Å². The fourth-order valence-electron chi connectivity index (χ4n) is 0.603. The maximum atomic E-state index is 5.52. The highest BCUT2D eigenvalue weighted by Crippen LogP contribution is 1.95. The molecule has 0 fully saturated rings. The number of hydrogen-bond donors (Lipinski definition) is 2. The molecule has 0 aromatic heterocycles. The van der Waals surface area contributed by atoms with Gasteiger partial charge < -0.3 is 11.5 Å². The van der Waals surface area contributed by atoms with E-state index in [4.69, 9.17) is 11.5 Å². The molecule has 0 aromatic carbocycles. The van der Waals surface area contributed by atoms with Crippen molar-refractivity contribution in [3.05, 3.63) is 0 Å². The molecule has 52 valence electrons. The van der Waals surface area contributed by atoms with Gasteiger partial charge in [0, 0.05) is 6.04 Å². The van der Waals surface area contributed by atoms with E-state index in [1.807, 2.05) is 0 Å². The van der Waals surface area contributed by atoms with E-state index in [1.54, 1.807) is 0 Å². The van der Waals surface area contributed by atoms with Gasteiger partial charge in [-0.25, -0.2) is 0 Å². The maximum absolute atomic E-state index is 5.52. The van der Waals surface area contributed by atoms with E-state index in [-0.39, 0.29) is 6.04 Å². The van der Waals surface area contributed by atoms with Crippen LogP contribution in [0.15, 0.2) is 0 Å². The summed E-state index contributed by atoms with van der Waals surface area (Å²) < 4.78 is 0. The van der Waals surface area contributed by atoms with Gasteiger partial charge in [0.2, 0.25) is 0 Å². The standard InChI is InChI=1S/C7H14N2/c1-2-3-4-7(9)5-6-8/h7H,2-4,8-9H2,1H3. The molecule has 0 saturated carbocycles. The molecule has 9 heavy (non-hydrogen) atoms. The lowest BCUT2D eigenvalue weighted by atomic mass is 10.1. The summed E-state index contributed by atoms with van der Waals surface area (Å²) in [5, 5.41) is 0. The second-order valence-electron chi connectivity index (χ2n) is 2.04. The zero-order valence-corrected chi connectivity index (χ0v) is 5.85. The van der Waals surface area contributed by atoms with Crippen molar-refractivity contribution >= 4 is 0 Å². The van der Waals surface area contributed by atoms with Gasteiger partial charge in [-0.1, -0.05) is 25.7 Å². The van der Waals surface area contributed by atoms with Crippen LogP contribution in [0.1, 0.15) is 26.2 Å². The van der Waals surface area contributed by atoms with Gasteiger partial charge in [0.25, 0.3) is 0 Å². The lowest BCUT2D eigenvalue weighted by Crippen LogP contribution is -2.17. The van der Waals surface area contributed by atoms with Crippen LogP contribution in [0.3, 0.4) is 0 Å². The summed E-state index contributed by atoms with van der Waals surface area (Å²) in [5.74, 6) is 2.69. The first-order valence-corrected chi connectivity index (χ1v) is 3.28. The third kappa shape index (κ3) is 5.19. The Morgan fingerprint density at radius 1 is 1.56 bits per heavy atom. The minimum atomic E-state index is -0.0186. The molecule has 0 rings (SSSR count). The molecule has 0 radical (unpaired) electrons. The van der Waals surface area contributed by atoms with Gasteiger partial charge in [-0.05, 0) is 6.42 Å². The summed E-state index contributed by atoms with van der Waals surface area (Å²) in [6, 6.07) is 2.28. The second kappa shape index (κ2) is 5.46. The Labute approximate surface area is 56.6 Å².